The summed E-state index contributed by atoms with van der Waals surface area (Å²) in [6, 6.07) is 8.61. The summed E-state index contributed by atoms with van der Waals surface area (Å²) in [5, 5.41) is 1.67. The van der Waals surface area contributed by atoms with E-state index < -0.39 is 23.7 Å². The summed E-state index contributed by atoms with van der Waals surface area (Å²) < 4.78 is 46.6. The van der Waals surface area contributed by atoms with Crippen LogP contribution in [0.2, 0.25) is 5.02 Å². The highest BCUT2D eigenvalue weighted by Gasteiger charge is 2.66. The van der Waals surface area contributed by atoms with Crippen LogP contribution in [0.1, 0.15) is 23.0 Å². The Morgan fingerprint density at radius 2 is 2.00 bits per heavy atom. The third kappa shape index (κ3) is 3.30. The quantitative estimate of drug-likeness (QED) is 0.856. The highest BCUT2D eigenvalue weighted by atomic mass is 35.5. The maximum atomic E-state index is 13.8. The average Bonchev–Trinajstić information content (AvgIpc) is 3.18. The topological polar surface area (TPSA) is 74.9 Å². The van der Waals surface area contributed by atoms with Gasteiger partial charge in [-0.1, -0.05) is 23.7 Å². The molecule has 0 aliphatic carbocycles. The molecule has 0 bridgehead atoms. The molecule has 1 aliphatic rings. The minimum absolute atomic E-state index is 0.0501. The van der Waals surface area contributed by atoms with Crippen LogP contribution in [-0.4, -0.2) is 34.4 Å². The maximum Gasteiger partial charge on any atom is 0.442 e. The Labute approximate surface area is 156 Å². The molecule has 10 heteroatoms. The Bertz CT molecular complexity index is 912. The Kier molecular flexibility index (Phi) is 4.73. The van der Waals surface area contributed by atoms with Gasteiger partial charge in [0.25, 0.3) is 11.8 Å². The molecular weight excluding hydrogens is 387 g/mol. The van der Waals surface area contributed by atoms with Crippen LogP contribution in [0.5, 0.6) is 0 Å². The highest BCUT2D eigenvalue weighted by Crippen LogP contribution is 2.38. The van der Waals surface area contributed by atoms with Gasteiger partial charge in [0.1, 0.15) is 11.6 Å². The SMILES string of the molecule is CC1=NC(NC(=O)c2ccccc2Cl)(C(F)(F)F)C(=O)N1Cc1ccco1. The molecule has 2 aromatic rings. The molecule has 0 saturated carbocycles. The molecular formula is C17H13ClF3N3O3. The van der Waals surface area contributed by atoms with Crippen LogP contribution in [-0.2, 0) is 11.3 Å². The van der Waals surface area contributed by atoms with E-state index in [1.54, 1.807) is 11.4 Å². The number of amides is 2. The van der Waals surface area contributed by atoms with Crippen molar-refractivity contribution in [3.63, 3.8) is 0 Å². The number of hydrogen-bond acceptors (Lipinski definition) is 4. The largest absolute Gasteiger partial charge is 0.467 e. The smallest absolute Gasteiger partial charge is 0.442 e. The first kappa shape index (κ1) is 19.0. The second-order valence-electron chi connectivity index (χ2n) is 5.77. The van der Waals surface area contributed by atoms with Gasteiger partial charge in [0, 0.05) is 0 Å². The minimum Gasteiger partial charge on any atom is -0.467 e. The van der Waals surface area contributed by atoms with Crippen LogP contribution in [0.4, 0.5) is 13.2 Å². The molecule has 1 aliphatic heterocycles. The van der Waals surface area contributed by atoms with E-state index in [1.165, 1.54) is 43.5 Å². The van der Waals surface area contributed by atoms with E-state index in [1.807, 2.05) is 0 Å². The number of amidine groups is 1. The molecule has 2 heterocycles. The van der Waals surface area contributed by atoms with Crippen molar-refractivity contribution in [2.45, 2.75) is 25.3 Å². The van der Waals surface area contributed by atoms with Crippen LogP contribution in [0.25, 0.3) is 0 Å². The number of aliphatic imine (C=N–C) groups is 1. The molecule has 1 aromatic carbocycles. The van der Waals surface area contributed by atoms with Gasteiger partial charge in [-0.05, 0) is 31.2 Å². The first-order chi connectivity index (χ1) is 12.7. The fourth-order valence-corrected chi connectivity index (χ4v) is 2.87. The van der Waals surface area contributed by atoms with E-state index in [0.29, 0.717) is 0 Å². The summed E-state index contributed by atoms with van der Waals surface area (Å²) in [7, 11) is 0. The molecule has 0 spiro atoms. The minimum atomic E-state index is -5.17. The Hall–Kier alpha value is -2.81. The van der Waals surface area contributed by atoms with E-state index in [2.05, 4.69) is 4.99 Å². The first-order valence-corrected chi connectivity index (χ1v) is 8.08. The molecule has 0 radical (unpaired) electrons. The molecule has 27 heavy (non-hydrogen) atoms. The van der Waals surface area contributed by atoms with Gasteiger partial charge in [-0.25, -0.2) is 4.99 Å². The molecule has 1 N–H and O–H groups in total. The standard InChI is InChI=1S/C17H13ClF3N3O3/c1-10-22-16(17(19,20)21,15(26)24(10)9-11-5-4-8-27-11)23-14(25)12-6-2-3-7-13(12)18/h2-8H,9H2,1H3,(H,23,25). The van der Waals surface area contributed by atoms with Gasteiger partial charge in [0.15, 0.2) is 0 Å². The lowest BCUT2D eigenvalue weighted by Crippen LogP contribution is -2.63. The van der Waals surface area contributed by atoms with Gasteiger partial charge in [-0.2, -0.15) is 13.2 Å². The summed E-state index contributed by atoms with van der Waals surface area (Å²) in [5.74, 6) is -2.52. The van der Waals surface area contributed by atoms with Crippen molar-refractivity contribution < 1.29 is 27.2 Å². The molecule has 0 fully saturated rings. The zero-order valence-electron chi connectivity index (χ0n) is 13.9. The van der Waals surface area contributed by atoms with Gasteiger partial charge in [-0.3, -0.25) is 14.5 Å². The molecule has 2 amide bonds. The number of halogens is 4. The third-order valence-electron chi connectivity index (χ3n) is 3.99. The number of rotatable bonds is 4. The van der Waals surface area contributed by atoms with E-state index in [9.17, 15) is 22.8 Å². The summed E-state index contributed by atoms with van der Waals surface area (Å²) in [4.78, 5) is 29.3. The Morgan fingerprint density at radius 3 is 2.59 bits per heavy atom. The van der Waals surface area contributed by atoms with E-state index in [4.69, 9.17) is 16.0 Å². The Morgan fingerprint density at radius 1 is 1.30 bits per heavy atom. The number of nitrogens with one attached hydrogen (secondary N) is 1. The molecule has 1 unspecified atom stereocenters. The second-order valence-corrected chi connectivity index (χ2v) is 6.18. The second kappa shape index (κ2) is 6.73. The van der Waals surface area contributed by atoms with Gasteiger partial charge in [0.05, 0.1) is 23.4 Å². The van der Waals surface area contributed by atoms with Gasteiger partial charge in [-0.15, -0.1) is 0 Å². The number of alkyl halides is 3. The fourth-order valence-electron chi connectivity index (χ4n) is 2.65. The van der Waals surface area contributed by atoms with Gasteiger partial charge < -0.3 is 9.73 Å². The van der Waals surface area contributed by atoms with Crippen molar-refractivity contribution in [1.82, 2.24) is 10.2 Å². The zero-order chi connectivity index (χ0) is 19.8. The van der Waals surface area contributed by atoms with Crippen molar-refractivity contribution in [1.29, 1.82) is 0 Å². The summed E-state index contributed by atoms with van der Waals surface area (Å²) >= 11 is 5.87. The monoisotopic (exact) mass is 399 g/mol. The third-order valence-corrected chi connectivity index (χ3v) is 4.32. The normalized spacial score (nSPS) is 20.0. The summed E-state index contributed by atoms with van der Waals surface area (Å²) in [6.45, 7) is 0.997. The number of furan rings is 1. The van der Waals surface area contributed by atoms with Crippen LogP contribution in [0.15, 0.2) is 52.1 Å². The van der Waals surface area contributed by atoms with Gasteiger partial charge >= 0.3 is 11.8 Å². The van der Waals surface area contributed by atoms with E-state index in [0.717, 1.165) is 4.90 Å². The predicted molar refractivity (Wildman–Crippen MR) is 90.1 cm³/mol. The molecule has 1 aromatic heterocycles. The number of carbonyl (C=O) groups is 2. The van der Waals surface area contributed by atoms with Crippen molar-refractivity contribution in [3.05, 3.63) is 59.0 Å². The molecule has 0 saturated heterocycles. The van der Waals surface area contributed by atoms with Crippen molar-refractivity contribution in [2.75, 3.05) is 0 Å². The average molecular weight is 400 g/mol. The first-order valence-electron chi connectivity index (χ1n) is 7.70. The number of hydrogen-bond donors (Lipinski definition) is 1. The van der Waals surface area contributed by atoms with E-state index >= 15 is 0 Å². The molecule has 142 valence electrons. The maximum absolute atomic E-state index is 13.8. The lowest BCUT2D eigenvalue weighted by molar-refractivity contribution is -0.196. The van der Waals surface area contributed by atoms with Crippen LogP contribution >= 0.6 is 11.6 Å². The molecule has 3 rings (SSSR count). The van der Waals surface area contributed by atoms with Crippen LogP contribution < -0.4 is 5.32 Å². The lowest BCUT2D eigenvalue weighted by Gasteiger charge is -2.29. The predicted octanol–water partition coefficient (Wildman–Crippen LogP) is 3.38. The van der Waals surface area contributed by atoms with Crippen LogP contribution in [0, 0.1) is 0 Å². The van der Waals surface area contributed by atoms with Gasteiger partial charge in [0.2, 0.25) is 0 Å². The molecule has 1 atom stereocenters. The lowest BCUT2D eigenvalue weighted by atomic mass is 10.1. The van der Waals surface area contributed by atoms with Crippen molar-refractivity contribution in [3.8, 4) is 0 Å². The zero-order valence-corrected chi connectivity index (χ0v) is 14.6. The summed E-state index contributed by atoms with van der Waals surface area (Å²) in [5.41, 5.74) is -3.63. The fraction of sp³-hybridized carbons (Fsp3) is 0.235. The van der Waals surface area contributed by atoms with Crippen LogP contribution in [0.3, 0.4) is 0 Å². The van der Waals surface area contributed by atoms with Crippen molar-refractivity contribution >= 4 is 29.3 Å². The molecule has 6 nitrogen and oxygen atoms in total. The number of nitrogens with zero attached hydrogens (tertiary/aromatic N) is 2. The highest BCUT2D eigenvalue weighted by molar-refractivity contribution is 6.34. The van der Waals surface area contributed by atoms with E-state index in [-0.39, 0.29) is 28.7 Å². The summed E-state index contributed by atoms with van der Waals surface area (Å²) in [6.07, 6.45) is -3.83. The number of benzene rings is 1. The Balaban J connectivity index is 1.96. The number of carbonyl (C=O) groups excluding carboxylic acids is 2. The van der Waals surface area contributed by atoms with Crippen molar-refractivity contribution in [2.24, 2.45) is 4.99 Å².